The molecule has 0 fully saturated rings. The van der Waals surface area contributed by atoms with Crippen molar-refractivity contribution >= 4 is 0 Å². The van der Waals surface area contributed by atoms with Gasteiger partial charge in [0.15, 0.2) is 0 Å². The molecule has 0 aliphatic rings. The van der Waals surface area contributed by atoms with Gasteiger partial charge in [-0.2, -0.15) is 0 Å². The smallest absolute Gasteiger partial charge is 0.101 e. The van der Waals surface area contributed by atoms with Crippen molar-refractivity contribution < 1.29 is 5.32 Å². The lowest BCUT2D eigenvalue weighted by Crippen LogP contribution is -2.77. The standard InChI is InChI=1S/C9H14N2/c1-11-7-9-4-2-8(6-10)3-5-9/h2-5,11H,6-7,10H2,1H3/p+1. The van der Waals surface area contributed by atoms with Crippen LogP contribution in [0.2, 0.25) is 0 Å². The molecular weight excluding hydrogens is 136 g/mol. The molecule has 2 heteroatoms. The molecule has 0 aliphatic carbocycles. The summed E-state index contributed by atoms with van der Waals surface area (Å²) in [5, 5.41) is 2.15. The fraction of sp³-hybridized carbons (Fsp3) is 0.333. The zero-order chi connectivity index (χ0) is 8.10. The minimum absolute atomic E-state index is 0.635. The van der Waals surface area contributed by atoms with Crippen LogP contribution in [-0.4, -0.2) is 7.05 Å². The van der Waals surface area contributed by atoms with E-state index in [-0.39, 0.29) is 0 Å². The molecule has 1 aromatic carbocycles. The Hall–Kier alpha value is -0.860. The maximum atomic E-state index is 5.47. The first-order valence-corrected chi connectivity index (χ1v) is 3.92. The molecule has 60 valence electrons. The van der Waals surface area contributed by atoms with Crippen LogP contribution in [0.15, 0.2) is 24.3 Å². The molecule has 0 aliphatic heterocycles. The van der Waals surface area contributed by atoms with Gasteiger partial charge in [0.1, 0.15) is 6.54 Å². The highest BCUT2D eigenvalue weighted by Gasteiger charge is 1.92. The van der Waals surface area contributed by atoms with E-state index in [1.54, 1.807) is 0 Å². The SMILES string of the molecule is C[NH2+]Cc1ccc(CN)cc1. The van der Waals surface area contributed by atoms with Crippen LogP contribution in [0.25, 0.3) is 0 Å². The summed E-state index contributed by atoms with van der Waals surface area (Å²) in [6.07, 6.45) is 0. The average molecular weight is 151 g/mol. The molecule has 4 N–H and O–H groups in total. The van der Waals surface area contributed by atoms with Crippen molar-refractivity contribution in [1.82, 2.24) is 0 Å². The second-order valence-electron chi connectivity index (χ2n) is 2.63. The quantitative estimate of drug-likeness (QED) is 0.619. The molecule has 0 spiro atoms. The molecule has 0 saturated carbocycles. The molecular formula is C9H15N2+. The number of quaternary nitrogens is 1. The summed E-state index contributed by atoms with van der Waals surface area (Å²) < 4.78 is 0. The summed E-state index contributed by atoms with van der Waals surface area (Å²) in [5.74, 6) is 0. The van der Waals surface area contributed by atoms with Crippen LogP contribution >= 0.6 is 0 Å². The molecule has 0 amide bonds. The fourth-order valence-electron chi connectivity index (χ4n) is 1.05. The largest absolute Gasteiger partial charge is 0.345 e. The highest BCUT2D eigenvalue weighted by molar-refractivity contribution is 5.21. The van der Waals surface area contributed by atoms with Crippen LogP contribution in [0.1, 0.15) is 11.1 Å². The highest BCUT2D eigenvalue weighted by Crippen LogP contribution is 2.01. The first-order valence-electron chi connectivity index (χ1n) is 3.92. The zero-order valence-electron chi connectivity index (χ0n) is 6.88. The van der Waals surface area contributed by atoms with Crippen LogP contribution in [0.4, 0.5) is 0 Å². The second-order valence-corrected chi connectivity index (χ2v) is 2.63. The Labute approximate surface area is 67.4 Å². The maximum absolute atomic E-state index is 5.47. The van der Waals surface area contributed by atoms with Crippen molar-refractivity contribution in [3.05, 3.63) is 35.4 Å². The first-order chi connectivity index (χ1) is 5.36. The van der Waals surface area contributed by atoms with Gasteiger partial charge in [-0.05, 0) is 5.56 Å². The van der Waals surface area contributed by atoms with Crippen molar-refractivity contribution in [2.75, 3.05) is 7.05 Å². The third-order valence-corrected chi connectivity index (χ3v) is 1.70. The third kappa shape index (κ3) is 2.33. The third-order valence-electron chi connectivity index (χ3n) is 1.70. The number of nitrogens with two attached hydrogens (primary N) is 2. The fourth-order valence-corrected chi connectivity index (χ4v) is 1.05. The highest BCUT2D eigenvalue weighted by atomic mass is 14.8. The van der Waals surface area contributed by atoms with Gasteiger partial charge in [-0.1, -0.05) is 24.3 Å². The van der Waals surface area contributed by atoms with Gasteiger partial charge in [-0.25, -0.2) is 0 Å². The number of rotatable bonds is 3. The van der Waals surface area contributed by atoms with E-state index in [0.717, 1.165) is 6.54 Å². The molecule has 0 bridgehead atoms. The van der Waals surface area contributed by atoms with Crippen molar-refractivity contribution in [1.29, 1.82) is 0 Å². The average Bonchev–Trinajstić information content (AvgIpc) is 2.07. The number of hydrogen-bond acceptors (Lipinski definition) is 1. The Morgan fingerprint density at radius 1 is 1.18 bits per heavy atom. The van der Waals surface area contributed by atoms with Crippen LogP contribution in [0, 0.1) is 0 Å². The van der Waals surface area contributed by atoms with Gasteiger partial charge >= 0.3 is 0 Å². The van der Waals surface area contributed by atoms with E-state index in [1.807, 2.05) is 0 Å². The monoisotopic (exact) mass is 151 g/mol. The first kappa shape index (κ1) is 8.24. The second kappa shape index (κ2) is 4.11. The van der Waals surface area contributed by atoms with E-state index in [1.165, 1.54) is 11.1 Å². The van der Waals surface area contributed by atoms with Crippen molar-refractivity contribution in [3.8, 4) is 0 Å². The van der Waals surface area contributed by atoms with Gasteiger partial charge in [0, 0.05) is 12.1 Å². The lowest BCUT2D eigenvalue weighted by atomic mass is 10.1. The zero-order valence-corrected chi connectivity index (χ0v) is 6.88. The summed E-state index contributed by atoms with van der Waals surface area (Å²) >= 11 is 0. The molecule has 0 aromatic heterocycles. The maximum Gasteiger partial charge on any atom is 0.101 e. The molecule has 0 unspecified atom stereocenters. The Morgan fingerprint density at radius 3 is 2.18 bits per heavy atom. The van der Waals surface area contributed by atoms with E-state index in [2.05, 4.69) is 36.6 Å². The molecule has 0 saturated heterocycles. The van der Waals surface area contributed by atoms with E-state index in [9.17, 15) is 0 Å². The van der Waals surface area contributed by atoms with Crippen LogP contribution in [0.5, 0.6) is 0 Å². The summed E-state index contributed by atoms with van der Waals surface area (Å²) in [6, 6.07) is 8.42. The van der Waals surface area contributed by atoms with Crippen LogP contribution in [0.3, 0.4) is 0 Å². The van der Waals surface area contributed by atoms with Crippen LogP contribution < -0.4 is 11.1 Å². The van der Waals surface area contributed by atoms with E-state index < -0.39 is 0 Å². The number of benzene rings is 1. The summed E-state index contributed by atoms with van der Waals surface area (Å²) in [5.41, 5.74) is 8.02. The molecule has 0 atom stereocenters. The predicted octanol–water partition coefficient (Wildman–Crippen LogP) is -0.161. The Morgan fingerprint density at radius 2 is 1.73 bits per heavy atom. The molecule has 0 heterocycles. The molecule has 1 rings (SSSR count). The normalized spacial score (nSPS) is 10.0. The van der Waals surface area contributed by atoms with Gasteiger partial charge in [0.05, 0.1) is 7.05 Å². The Kier molecular flexibility index (Phi) is 3.08. The van der Waals surface area contributed by atoms with Gasteiger partial charge in [-0.15, -0.1) is 0 Å². The predicted molar refractivity (Wildman–Crippen MR) is 45.9 cm³/mol. The Bertz CT molecular complexity index is 203. The minimum atomic E-state index is 0.635. The Balaban J connectivity index is 2.66. The lowest BCUT2D eigenvalue weighted by molar-refractivity contribution is -0.643. The lowest BCUT2D eigenvalue weighted by Gasteiger charge is -1.98. The summed E-state index contributed by atoms with van der Waals surface area (Å²) in [4.78, 5) is 0. The van der Waals surface area contributed by atoms with E-state index in [0.29, 0.717) is 6.54 Å². The molecule has 2 nitrogen and oxygen atoms in total. The van der Waals surface area contributed by atoms with Crippen molar-refractivity contribution in [2.24, 2.45) is 5.73 Å². The van der Waals surface area contributed by atoms with E-state index in [4.69, 9.17) is 5.73 Å². The van der Waals surface area contributed by atoms with Crippen LogP contribution in [-0.2, 0) is 13.1 Å². The van der Waals surface area contributed by atoms with Gasteiger partial charge in [-0.3, -0.25) is 0 Å². The molecule has 1 aromatic rings. The summed E-state index contributed by atoms with van der Waals surface area (Å²) in [7, 11) is 2.07. The van der Waals surface area contributed by atoms with E-state index >= 15 is 0 Å². The molecule has 0 radical (unpaired) electrons. The van der Waals surface area contributed by atoms with Gasteiger partial charge in [0.25, 0.3) is 0 Å². The van der Waals surface area contributed by atoms with Crippen molar-refractivity contribution in [3.63, 3.8) is 0 Å². The van der Waals surface area contributed by atoms with Gasteiger partial charge in [0.2, 0.25) is 0 Å². The van der Waals surface area contributed by atoms with Crippen molar-refractivity contribution in [2.45, 2.75) is 13.1 Å². The summed E-state index contributed by atoms with van der Waals surface area (Å²) in [6.45, 7) is 1.68. The minimum Gasteiger partial charge on any atom is -0.345 e. The van der Waals surface area contributed by atoms with Gasteiger partial charge < -0.3 is 11.1 Å². The molecule has 11 heavy (non-hydrogen) atoms. The topological polar surface area (TPSA) is 42.6 Å². The number of hydrogen-bond donors (Lipinski definition) is 2.